The van der Waals surface area contributed by atoms with Crippen LogP contribution in [-0.4, -0.2) is 23.8 Å². The molecule has 6 heteroatoms. The lowest BCUT2D eigenvalue weighted by atomic mass is 9.95. The molecule has 0 aliphatic rings. The molecule has 1 aromatic heterocycles. The summed E-state index contributed by atoms with van der Waals surface area (Å²) in [4.78, 5) is 18.1. The molecule has 1 amide bonds. The van der Waals surface area contributed by atoms with Gasteiger partial charge in [0.1, 0.15) is 5.82 Å². The van der Waals surface area contributed by atoms with Gasteiger partial charge in [-0.2, -0.15) is 0 Å². The van der Waals surface area contributed by atoms with Crippen molar-refractivity contribution in [3.05, 3.63) is 58.0 Å². The van der Waals surface area contributed by atoms with Gasteiger partial charge >= 0.3 is 0 Å². The van der Waals surface area contributed by atoms with Gasteiger partial charge in [-0.3, -0.25) is 4.79 Å². The minimum atomic E-state index is -0.467. The molecule has 0 saturated carbocycles. The van der Waals surface area contributed by atoms with E-state index in [1.54, 1.807) is 23.5 Å². The van der Waals surface area contributed by atoms with E-state index >= 15 is 0 Å². The van der Waals surface area contributed by atoms with E-state index in [0.29, 0.717) is 6.42 Å². The number of oxime groups is 1. The van der Waals surface area contributed by atoms with Crippen molar-refractivity contribution in [1.29, 1.82) is 0 Å². The highest BCUT2D eigenvalue weighted by Gasteiger charge is 2.21. The zero-order chi connectivity index (χ0) is 17.6. The first-order chi connectivity index (χ1) is 11.4. The number of nitrogens with one attached hydrogen (secondary N) is 1. The van der Waals surface area contributed by atoms with Crippen molar-refractivity contribution in [1.82, 2.24) is 5.32 Å². The molecule has 0 saturated heterocycles. The highest BCUT2D eigenvalue weighted by Crippen LogP contribution is 2.13. The number of amides is 1. The highest BCUT2D eigenvalue weighted by molar-refractivity contribution is 7.12. The summed E-state index contributed by atoms with van der Waals surface area (Å²) < 4.78 is 12.9. The molecule has 0 unspecified atom stereocenters. The molecule has 0 spiro atoms. The predicted octanol–water partition coefficient (Wildman–Crippen LogP) is 3.77. The minimum absolute atomic E-state index is 0.143. The molecule has 0 atom stereocenters. The summed E-state index contributed by atoms with van der Waals surface area (Å²) in [5, 5.41) is 8.82. The number of carbonyl (C=O) groups is 1. The Balaban J connectivity index is 1.82. The van der Waals surface area contributed by atoms with Crippen LogP contribution in [0.4, 0.5) is 4.39 Å². The molecule has 0 bridgehead atoms. The van der Waals surface area contributed by atoms with E-state index < -0.39 is 5.54 Å². The number of benzene rings is 1. The lowest BCUT2D eigenvalue weighted by Crippen LogP contribution is -2.46. The first-order valence-electron chi connectivity index (χ1n) is 7.62. The number of nitrogens with zero attached hydrogens (tertiary/aromatic N) is 1. The summed E-state index contributed by atoms with van der Waals surface area (Å²) in [6.45, 7) is 5.51. The second-order valence-corrected chi connectivity index (χ2v) is 7.11. The zero-order valence-electron chi connectivity index (χ0n) is 14.0. The summed E-state index contributed by atoms with van der Waals surface area (Å²) in [5.41, 5.74) is 1.22. The Morgan fingerprint density at radius 3 is 2.62 bits per heavy atom. The zero-order valence-corrected chi connectivity index (χ0v) is 14.8. The lowest BCUT2D eigenvalue weighted by molar-refractivity contribution is -0.127. The Hall–Kier alpha value is -2.21. The number of rotatable bonds is 7. The Labute approximate surface area is 145 Å². The fourth-order valence-corrected chi connectivity index (χ4v) is 2.96. The van der Waals surface area contributed by atoms with Crippen molar-refractivity contribution in [3.63, 3.8) is 0 Å². The van der Waals surface area contributed by atoms with Gasteiger partial charge < -0.3 is 10.2 Å². The summed E-state index contributed by atoms with van der Waals surface area (Å²) in [6, 6.07) is 10.1. The molecule has 0 aliphatic heterocycles. The third-order valence-corrected chi connectivity index (χ3v) is 4.29. The van der Waals surface area contributed by atoms with Gasteiger partial charge in [-0.1, -0.05) is 23.4 Å². The molecule has 4 nitrogen and oxygen atoms in total. The molecule has 128 valence electrons. The van der Waals surface area contributed by atoms with Gasteiger partial charge in [0.25, 0.3) is 5.91 Å². The largest absolute Gasteiger partial charge is 0.385 e. The van der Waals surface area contributed by atoms with Crippen molar-refractivity contribution in [3.8, 4) is 0 Å². The fraction of sp³-hybridized carbons (Fsp3) is 0.333. The van der Waals surface area contributed by atoms with Crippen molar-refractivity contribution in [2.45, 2.75) is 32.7 Å². The van der Waals surface area contributed by atoms with Crippen LogP contribution in [0.25, 0.3) is 0 Å². The number of hydrogen-bond acceptors (Lipinski definition) is 4. The van der Waals surface area contributed by atoms with Gasteiger partial charge in [-0.05, 0) is 56.3 Å². The summed E-state index contributed by atoms with van der Waals surface area (Å²) in [7, 11) is 0. The Bertz CT molecular complexity index is 694. The van der Waals surface area contributed by atoms with Gasteiger partial charge in [-0.25, -0.2) is 4.39 Å². The number of thiophene rings is 1. The van der Waals surface area contributed by atoms with Crippen molar-refractivity contribution < 1.29 is 14.0 Å². The van der Waals surface area contributed by atoms with E-state index in [0.717, 1.165) is 16.2 Å². The quantitative estimate of drug-likeness (QED) is 0.612. The molecule has 24 heavy (non-hydrogen) atoms. The Morgan fingerprint density at radius 2 is 2.00 bits per heavy atom. The van der Waals surface area contributed by atoms with Crippen LogP contribution in [0.5, 0.6) is 0 Å². The second-order valence-electron chi connectivity index (χ2n) is 6.16. The average Bonchev–Trinajstić information content (AvgIpc) is 3.03. The predicted molar refractivity (Wildman–Crippen MR) is 94.8 cm³/mol. The van der Waals surface area contributed by atoms with Crippen LogP contribution in [0.1, 0.15) is 31.2 Å². The third kappa shape index (κ3) is 5.77. The summed E-state index contributed by atoms with van der Waals surface area (Å²) in [6.07, 6.45) is 0.594. The normalized spacial score (nSPS) is 12.1. The lowest BCUT2D eigenvalue weighted by Gasteiger charge is -2.26. The van der Waals surface area contributed by atoms with Gasteiger partial charge in [0.2, 0.25) is 0 Å². The van der Waals surface area contributed by atoms with Crippen LogP contribution in [0.3, 0.4) is 0 Å². The Morgan fingerprint density at radius 1 is 1.29 bits per heavy atom. The molecule has 2 rings (SSSR count). The van der Waals surface area contributed by atoms with Crippen LogP contribution in [-0.2, 0) is 16.1 Å². The van der Waals surface area contributed by atoms with Crippen LogP contribution in [0.2, 0.25) is 0 Å². The molecule has 1 N–H and O–H groups in total. The maximum Gasteiger partial charge on any atom is 0.261 e. The van der Waals surface area contributed by atoms with E-state index in [-0.39, 0.29) is 18.3 Å². The molecule has 0 radical (unpaired) electrons. The van der Waals surface area contributed by atoms with Crippen LogP contribution < -0.4 is 5.32 Å². The van der Waals surface area contributed by atoms with Gasteiger partial charge in [0.05, 0.1) is 10.6 Å². The van der Waals surface area contributed by atoms with Crippen molar-refractivity contribution in [2.24, 2.45) is 5.16 Å². The van der Waals surface area contributed by atoms with Crippen molar-refractivity contribution >= 4 is 23.0 Å². The monoisotopic (exact) mass is 348 g/mol. The van der Waals surface area contributed by atoms with Crippen molar-refractivity contribution in [2.75, 3.05) is 6.61 Å². The minimum Gasteiger partial charge on any atom is -0.385 e. The number of hydrogen-bond donors (Lipinski definition) is 1. The van der Waals surface area contributed by atoms with Gasteiger partial charge in [0.15, 0.2) is 6.61 Å². The van der Waals surface area contributed by atoms with E-state index in [9.17, 15) is 9.18 Å². The van der Waals surface area contributed by atoms with Crippen LogP contribution in [0, 0.1) is 5.82 Å². The smallest absolute Gasteiger partial charge is 0.261 e. The van der Waals surface area contributed by atoms with Crippen LogP contribution in [0.15, 0.2) is 46.9 Å². The van der Waals surface area contributed by atoms with Crippen LogP contribution >= 0.6 is 11.3 Å². The molecule has 0 fully saturated rings. The first kappa shape index (κ1) is 18.1. The molecule has 2 aromatic rings. The highest BCUT2D eigenvalue weighted by atomic mass is 32.1. The number of carbonyl (C=O) groups excluding carboxylic acids is 1. The topological polar surface area (TPSA) is 50.7 Å². The molecule has 1 heterocycles. The fourth-order valence-electron chi connectivity index (χ4n) is 2.29. The standard InChI is InChI=1S/C18H21FN2O2S/c1-13(16-5-4-10-24-16)21-23-12-17(22)20-18(2,3)11-14-6-8-15(19)9-7-14/h4-10H,11-12H2,1-3H3,(H,20,22). The van der Waals surface area contributed by atoms with E-state index in [2.05, 4.69) is 10.5 Å². The average molecular weight is 348 g/mol. The molecule has 1 aromatic carbocycles. The number of halogens is 1. The third-order valence-electron chi connectivity index (χ3n) is 3.31. The SMILES string of the molecule is CC(=NOCC(=O)NC(C)(C)Cc1ccc(F)cc1)c1cccs1. The van der Waals surface area contributed by atoms with E-state index in [1.165, 1.54) is 12.1 Å². The van der Waals surface area contributed by atoms with Gasteiger partial charge in [0, 0.05) is 5.54 Å². The van der Waals surface area contributed by atoms with E-state index in [1.807, 2.05) is 38.3 Å². The summed E-state index contributed by atoms with van der Waals surface area (Å²) in [5.74, 6) is -0.516. The van der Waals surface area contributed by atoms with E-state index in [4.69, 9.17) is 4.84 Å². The molecular formula is C18H21FN2O2S. The summed E-state index contributed by atoms with van der Waals surface area (Å²) >= 11 is 1.56. The van der Waals surface area contributed by atoms with Gasteiger partial charge in [-0.15, -0.1) is 11.3 Å². The molecular weight excluding hydrogens is 327 g/mol. The molecule has 0 aliphatic carbocycles. The Kier molecular flexibility index (Phi) is 6.09. The first-order valence-corrected chi connectivity index (χ1v) is 8.49. The maximum absolute atomic E-state index is 12.9. The maximum atomic E-state index is 12.9. The second kappa shape index (κ2) is 8.06.